The van der Waals surface area contributed by atoms with Crippen molar-refractivity contribution >= 4 is 45.8 Å². The summed E-state index contributed by atoms with van der Waals surface area (Å²) in [6.07, 6.45) is 8.36. The second kappa shape index (κ2) is 17.6. The van der Waals surface area contributed by atoms with Crippen molar-refractivity contribution in [2.45, 2.75) is 72.1 Å². The number of halogens is 1. The van der Waals surface area contributed by atoms with Crippen molar-refractivity contribution in [3.05, 3.63) is 88.6 Å². The van der Waals surface area contributed by atoms with Crippen LogP contribution in [0, 0.1) is 0 Å². The number of benzene rings is 3. The normalized spacial score (nSPS) is 11.2. The van der Waals surface area contributed by atoms with Crippen molar-refractivity contribution in [3.63, 3.8) is 0 Å². The van der Waals surface area contributed by atoms with Crippen LogP contribution in [0.15, 0.2) is 71.1 Å². The molecule has 0 aliphatic heterocycles. The number of carbonyl (C=O) groups excluding carboxylic acids is 2. The van der Waals surface area contributed by atoms with Crippen molar-refractivity contribution in [2.24, 2.45) is 0 Å². The Hall–Kier alpha value is -3.81. The number of nitrogens with one attached hydrogen (secondary N) is 2. The van der Waals surface area contributed by atoms with E-state index < -0.39 is 6.03 Å². The third kappa shape index (κ3) is 10.1. The minimum Gasteiger partial charge on any atom is -0.494 e. The predicted octanol–water partition coefficient (Wildman–Crippen LogP) is 9.97. The monoisotopic (exact) mass is 631 g/mol. The van der Waals surface area contributed by atoms with Crippen molar-refractivity contribution in [3.8, 4) is 5.75 Å². The van der Waals surface area contributed by atoms with E-state index in [1.54, 1.807) is 42.5 Å². The van der Waals surface area contributed by atoms with Gasteiger partial charge >= 0.3 is 6.03 Å². The first kappa shape index (κ1) is 34.1. The van der Waals surface area contributed by atoms with Gasteiger partial charge in [0.1, 0.15) is 17.1 Å². The molecule has 3 aromatic carbocycles. The lowest BCUT2D eigenvalue weighted by atomic mass is 9.98. The quantitative estimate of drug-likeness (QED) is 0.0843. The lowest BCUT2D eigenvalue weighted by Gasteiger charge is -2.21. The Labute approximate surface area is 272 Å². The van der Waals surface area contributed by atoms with Crippen molar-refractivity contribution in [1.82, 2.24) is 4.90 Å². The molecule has 0 aliphatic rings. The van der Waals surface area contributed by atoms with Crippen LogP contribution in [0.5, 0.6) is 5.75 Å². The number of rotatable bonds is 18. The van der Waals surface area contributed by atoms with Gasteiger partial charge in [-0.3, -0.25) is 4.79 Å². The SMILES string of the molecule is CCCCc1oc2ccc(NC(=O)Nc3ccc(Cl)cc3)cc2c1C(=O)c1ccc(OCCCN(CCCC)CCCC)cc1. The molecular formula is C37H46ClN3O4. The van der Waals surface area contributed by atoms with Gasteiger partial charge in [0.2, 0.25) is 0 Å². The Bertz CT molecular complexity index is 1510. The Morgan fingerprint density at radius 2 is 1.40 bits per heavy atom. The number of furan rings is 1. The highest BCUT2D eigenvalue weighted by Gasteiger charge is 2.22. The zero-order chi connectivity index (χ0) is 32.0. The minimum absolute atomic E-state index is 0.114. The molecule has 0 atom stereocenters. The fourth-order valence-corrected chi connectivity index (χ4v) is 5.36. The maximum absolute atomic E-state index is 13.9. The molecule has 2 N–H and O–H groups in total. The van der Waals surface area contributed by atoms with Crippen LogP contribution in [0.25, 0.3) is 11.0 Å². The number of hydrogen-bond donors (Lipinski definition) is 2. The van der Waals surface area contributed by atoms with Crippen LogP contribution >= 0.6 is 11.6 Å². The molecule has 0 saturated carbocycles. The second-order valence-corrected chi connectivity index (χ2v) is 11.8. The molecule has 4 aromatic rings. The first-order valence-corrected chi connectivity index (χ1v) is 16.7. The van der Waals surface area contributed by atoms with E-state index in [0.29, 0.717) is 57.3 Å². The van der Waals surface area contributed by atoms with Gasteiger partial charge in [0.15, 0.2) is 5.78 Å². The first-order chi connectivity index (χ1) is 21.9. The molecule has 0 radical (unpaired) electrons. The molecule has 0 spiro atoms. The number of nitrogens with zero attached hydrogens (tertiary/aromatic N) is 1. The molecule has 1 heterocycles. The van der Waals surface area contributed by atoms with Gasteiger partial charge in [0.05, 0.1) is 12.2 Å². The number of aryl methyl sites for hydroxylation is 1. The molecule has 8 heteroatoms. The number of unbranched alkanes of at least 4 members (excludes halogenated alkanes) is 3. The third-order valence-corrected chi connectivity index (χ3v) is 8.02. The van der Waals surface area contributed by atoms with E-state index >= 15 is 0 Å². The number of amides is 2. The number of fused-ring (bicyclic) bond motifs is 1. The smallest absolute Gasteiger partial charge is 0.323 e. The average molecular weight is 632 g/mol. The highest BCUT2D eigenvalue weighted by Crippen LogP contribution is 2.32. The molecule has 0 unspecified atom stereocenters. The lowest BCUT2D eigenvalue weighted by Crippen LogP contribution is -2.28. The van der Waals surface area contributed by atoms with Gasteiger partial charge < -0.3 is 24.7 Å². The highest BCUT2D eigenvalue weighted by atomic mass is 35.5. The summed E-state index contributed by atoms with van der Waals surface area (Å²) in [5, 5.41) is 6.91. The molecular weight excluding hydrogens is 586 g/mol. The van der Waals surface area contributed by atoms with Crippen molar-refractivity contribution < 1.29 is 18.7 Å². The van der Waals surface area contributed by atoms with E-state index in [0.717, 1.165) is 44.6 Å². The van der Waals surface area contributed by atoms with Gasteiger partial charge in [-0.15, -0.1) is 0 Å². The Kier molecular flexibility index (Phi) is 13.3. The molecule has 0 bridgehead atoms. The summed E-state index contributed by atoms with van der Waals surface area (Å²) in [4.78, 5) is 29.1. The van der Waals surface area contributed by atoms with Crippen LogP contribution in [0.1, 0.15) is 87.4 Å². The van der Waals surface area contributed by atoms with Gasteiger partial charge in [-0.25, -0.2) is 4.79 Å². The third-order valence-electron chi connectivity index (χ3n) is 7.77. The van der Waals surface area contributed by atoms with E-state index in [1.165, 1.54) is 25.7 Å². The molecule has 0 aliphatic carbocycles. The van der Waals surface area contributed by atoms with E-state index in [4.69, 9.17) is 20.8 Å². The number of ether oxygens (including phenoxy) is 1. The average Bonchev–Trinajstić information content (AvgIpc) is 3.41. The number of urea groups is 1. The molecule has 45 heavy (non-hydrogen) atoms. The number of anilines is 2. The Morgan fingerprint density at radius 3 is 2.07 bits per heavy atom. The largest absolute Gasteiger partial charge is 0.494 e. The Morgan fingerprint density at radius 1 is 0.778 bits per heavy atom. The van der Waals surface area contributed by atoms with Crippen molar-refractivity contribution in [1.29, 1.82) is 0 Å². The standard InChI is InChI=1S/C37H46ClN3O4/c1-4-7-11-34-35(32-26-30(18-21-33(32)45-34)40-37(43)39-29-16-14-28(38)15-17-29)36(42)27-12-19-31(20-13-27)44-25-10-24-41(22-8-5-2)23-9-6-3/h12-21,26H,4-11,22-25H2,1-3H3,(H2,39,40,43). The summed E-state index contributed by atoms with van der Waals surface area (Å²) in [7, 11) is 0. The van der Waals surface area contributed by atoms with Gasteiger partial charge in [-0.2, -0.15) is 0 Å². The molecule has 7 nitrogen and oxygen atoms in total. The van der Waals surface area contributed by atoms with Gasteiger partial charge in [-0.1, -0.05) is 51.6 Å². The predicted molar refractivity (Wildman–Crippen MR) is 185 cm³/mol. The van der Waals surface area contributed by atoms with Crippen LogP contribution in [-0.2, 0) is 6.42 Å². The van der Waals surface area contributed by atoms with Gasteiger partial charge in [0.25, 0.3) is 0 Å². The summed E-state index contributed by atoms with van der Waals surface area (Å²) >= 11 is 5.95. The van der Waals surface area contributed by atoms with E-state index in [-0.39, 0.29) is 5.78 Å². The second-order valence-electron chi connectivity index (χ2n) is 11.4. The van der Waals surface area contributed by atoms with Crippen LogP contribution in [-0.4, -0.2) is 43.0 Å². The number of hydrogen-bond acceptors (Lipinski definition) is 5. The topological polar surface area (TPSA) is 83.8 Å². The fourth-order valence-electron chi connectivity index (χ4n) is 5.24. The molecule has 0 fully saturated rings. The number of ketones is 1. The van der Waals surface area contributed by atoms with E-state index in [9.17, 15) is 9.59 Å². The molecule has 1 aromatic heterocycles. The first-order valence-electron chi connectivity index (χ1n) is 16.3. The lowest BCUT2D eigenvalue weighted by molar-refractivity contribution is 0.103. The maximum Gasteiger partial charge on any atom is 0.323 e. The zero-order valence-corrected chi connectivity index (χ0v) is 27.6. The van der Waals surface area contributed by atoms with Gasteiger partial charge in [-0.05, 0) is 106 Å². The van der Waals surface area contributed by atoms with Crippen LogP contribution < -0.4 is 15.4 Å². The van der Waals surface area contributed by atoms with Crippen LogP contribution in [0.3, 0.4) is 0 Å². The molecule has 240 valence electrons. The number of carbonyl (C=O) groups is 2. The van der Waals surface area contributed by atoms with Crippen LogP contribution in [0.4, 0.5) is 16.2 Å². The van der Waals surface area contributed by atoms with E-state index in [2.05, 4.69) is 36.3 Å². The molecule has 2 amide bonds. The van der Waals surface area contributed by atoms with Crippen LogP contribution in [0.2, 0.25) is 5.02 Å². The summed E-state index contributed by atoms with van der Waals surface area (Å²) in [6, 6.07) is 19.2. The minimum atomic E-state index is -0.399. The Balaban J connectivity index is 1.44. The molecule has 0 saturated heterocycles. The maximum atomic E-state index is 13.9. The summed E-state index contributed by atoms with van der Waals surface area (Å²) < 4.78 is 12.2. The summed E-state index contributed by atoms with van der Waals surface area (Å²) in [5.41, 5.74) is 2.88. The summed E-state index contributed by atoms with van der Waals surface area (Å²) in [5.74, 6) is 1.30. The van der Waals surface area contributed by atoms with Crippen molar-refractivity contribution in [2.75, 3.05) is 36.9 Å². The zero-order valence-electron chi connectivity index (χ0n) is 26.8. The highest BCUT2D eigenvalue weighted by molar-refractivity contribution is 6.30. The summed E-state index contributed by atoms with van der Waals surface area (Å²) in [6.45, 7) is 10.5. The van der Waals surface area contributed by atoms with Gasteiger partial charge in [0, 0.05) is 40.3 Å². The molecule has 4 rings (SSSR count). The van der Waals surface area contributed by atoms with E-state index in [1.807, 2.05) is 24.3 Å². The fraction of sp³-hybridized carbons (Fsp3) is 0.405.